The largest absolute Gasteiger partial charge is 0.223 e. The monoisotopic (exact) mass is 248 g/mol. The summed E-state index contributed by atoms with van der Waals surface area (Å²) >= 11 is 9.06. The zero-order valence-electron chi connectivity index (χ0n) is 6.85. The summed E-state index contributed by atoms with van der Waals surface area (Å²) in [4.78, 5) is 8.09. The van der Waals surface area contributed by atoms with Crippen molar-refractivity contribution in [2.24, 2.45) is 0 Å². The molecule has 1 aromatic heterocycles. The number of aromatic nitrogens is 2. The van der Waals surface area contributed by atoms with E-state index in [1.54, 1.807) is 0 Å². The number of hydrogen-bond donors (Lipinski definition) is 0. The maximum Gasteiger partial charge on any atom is 0.222 e. The third-order valence-corrected chi connectivity index (χ3v) is 2.18. The Kier molecular flexibility index (Phi) is 3.95. The van der Waals surface area contributed by atoms with Crippen LogP contribution in [0.1, 0.15) is 17.8 Å². The van der Waals surface area contributed by atoms with Gasteiger partial charge in [0, 0.05) is 16.7 Å². The summed E-state index contributed by atoms with van der Waals surface area (Å²) < 4.78 is 0. The molecular formula is C8H10BrClN2. The van der Waals surface area contributed by atoms with Gasteiger partial charge in [-0.05, 0) is 37.4 Å². The topological polar surface area (TPSA) is 25.8 Å². The smallest absolute Gasteiger partial charge is 0.222 e. The summed E-state index contributed by atoms with van der Waals surface area (Å²) in [6.45, 7) is 1.92. The lowest BCUT2D eigenvalue weighted by Gasteiger charge is -1.99. The lowest BCUT2D eigenvalue weighted by molar-refractivity contribution is 0.878. The predicted molar refractivity (Wildman–Crippen MR) is 53.9 cm³/mol. The maximum atomic E-state index is 5.70. The predicted octanol–water partition coefficient (Wildman–Crippen LogP) is 2.77. The lowest BCUT2D eigenvalue weighted by atomic mass is 10.2. The van der Waals surface area contributed by atoms with E-state index in [0.29, 0.717) is 5.28 Å². The number of rotatable bonds is 3. The highest BCUT2D eigenvalue weighted by atomic mass is 79.9. The minimum absolute atomic E-state index is 0.347. The number of nitrogens with zero attached hydrogens (tertiary/aromatic N) is 2. The van der Waals surface area contributed by atoms with Crippen LogP contribution in [0.5, 0.6) is 0 Å². The van der Waals surface area contributed by atoms with E-state index in [4.69, 9.17) is 11.6 Å². The summed E-state index contributed by atoms with van der Waals surface area (Å²) in [5, 5.41) is 1.34. The summed E-state index contributed by atoms with van der Waals surface area (Å²) in [7, 11) is 0. The van der Waals surface area contributed by atoms with Crippen molar-refractivity contribution in [3.8, 4) is 0 Å². The molecule has 0 aliphatic rings. The number of hydrogen-bond acceptors (Lipinski definition) is 2. The van der Waals surface area contributed by atoms with Gasteiger partial charge in [-0.2, -0.15) is 0 Å². The fraction of sp³-hybridized carbons (Fsp3) is 0.500. The minimum Gasteiger partial charge on any atom is -0.223 e. The van der Waals surface area contributed by atoms with Crippen LogP contribution in [0.2, 0.25) is 5.28 Å². The van der Waals surface area contributed by atoms with Gasteiger partial charge in [0.15, 0.2) is 0 Å². The van der Waals surface area contributed by atoms with Crippen LogP contribution in [0, 0.1) is 6.92 Å². The maximum absolute atomic E-state index is 5.70. The first-order valence-electron chi connectivity index (χ1n) is 3.78. The highest BCUT2D eigenvalue weighted by Gasteiger charge is 1.98. The van der Waals surface area contributed by atoms with E-state index in [1.807, 2.05) is 13.0 Å². The van der Waals surface area contributed by atoms with Crippen molar-refractivity contribution >= 4 is 27.5 Å². The molecule has 4 heteroatoms. The van der Waals surface area contributed by atoms with Gasteiger partial charge in [-0.15, -0.1) is 0 Å². The molecule has 0 atom stereocenters. The quantitative estimate of drug-likeness (QED) is 0.608. The summed E-state index contributed by atoms with van der Waals surface area (Å²) in [6.07, 6.45) is 2.03. The van der Waals surface area contributed by atoms with E-state index < -0.39 is 0 Å². The van der Waals surface area contributed by atoms with E-state index in [2.05, 4.69) is 25.9 Å². The second-order valence-corrected chi connectivity index (χ2v) is 3.69. The van der Waals surface area contributed by atoms with E-state index >= 15 is 0 Å². The van der Waals surface area contributed by atoms with Crippen LogP contribution in [-0.2, 0) is 6.42 Å². The Labute approximate surface area is 85.5 Å². The van der Waals surface area contributed by atoms with Gasteiger partial charge < -0.3 is 0 Å². The first kappa shape index (κ1) is 9.93. The average molecular weight is 250 g/mol. The summed E-state index contributed by atoms with van der Waals surface area (Å²) in [5.74, 6) is 0. The summed E-state index contributed by atoms with van der Waals surface area (Å²) in [5.41, 5.74) is 1.95. The summed E-state index contributed by atoms with van der Waals surface area (Å²) in [6, 6.07) is 1.97. The second kappa shape index (κ2) is 4.77. The third kappa shape index (κ3) is 3.07. The van der Waals surface area contributed by atoms with Crippen molar-refractivity contribution in [3.05, 3.63) is 22.7 Å². The molecule has 0 amide bonds. The van der Waals surface area contributed by atoms with E-state index in [0.717, 1.165) is 29.6 Å². The van der Waals surface area contributed by atoms with Crippen LogP contribution in [0.25, 0.3) is 0 Å². The van der Waals surface area contributed by atoms with Crippen molar-refractivity contribution in [2.75, 3.05) is 5.33 Å². The molecule has 0 aliphatic heterocycles. The van der Waals surface area contributed by atoms with Gasteiger partial charge in [-0.1, -0.05) is 15.9 Å². The zero-order chi connectivity index (χ0) is 8.97. The molecule has 0 N–H and O–H groups in total. The Balaban J connectivity index is 2.72. The van der Waals surface area contributed by atoms with Gasteiger partial charge in [0.25, 0.3) is 0 Å². The Hall–Kier alpha value is -0.150. The number of aryl methyl sites for hydroxylation is 2. The Morgan fingerprint density at radius 2 is 2.25 bits per heavy atom. The Bertz CT molecular complexity index is 245. The van der Waals surface area contributed by atoms with Crippen LogP contribution in [-0.4, -0.2) is 15.3 Å². The van der Waals surface area contributed by atoms with Crippen LogP contribution < -0.4 is 0 Å². The number of alkyl halides is 1. The molecule has 1 aromatic rings. The van der Waals surface area contributed by atoms with Crippen LogP contribution in [0.3, 0.4) is 0 Å². The first-order chi connectivity index (χ1) is 5.72. The molecule has 1 rings (SSSR count). The molecule has 66 valence electrons. The fourth-order valence-corrected chi connectivity index (χ4v) is 1.49. The molecular weight excluding hydrogens is 239 g/mol. The molecule has 1 heterocycles. The SMILES string of the molecule is Cc1cc(CCCBr)nc(Cl)n1. The van der Waals surface area contributed by atoms with Crippen molar-refractivity contribution in [2.45, 2.75) is 19.8 Å². The molecule has 0 aliphatic carbocycles. The van der Waals surface area contributed by atoms with Crippen LogP contribution in [0.15, 0.2) is 6.07 Å². The normalized spacial score (nSPS) is 10.2. The molecule has 0 spiro atoms. The van der Waals surface area contributed by atoms with Crippen LogP contribution >= 0.6 is 27.5 Å². The van der Waals surface area contributed by atoms with Gasteiger partial charge in [0.2, 0.25) is 5.28 Å². The molecule has 0 radical (unpaired) electrons. The van der Waals surface area contributed by atoms with E-state index in [9.17, 15) is 0 Å². The molecule has 2 nitrogen and oxygen atoms in total. The number of halogens is 2. The molecule has 0 saturated carbocycles. The Morgan fingerprint density at radius 3 is 2.83 bits per heavy atom. The minimum atomic E-state index is 0.347. The second-order valence-electron chi connectivity index (χ2n) is 2.56. The zero-order valence-corrected chi connectivity index (χ0v) is 9.19. The van der Waals surface area contributed by atoms with Gasteiger partial charge in [0.05, 0.1) is 0 Å². The lowest BCUT2D eigenvalue weighted by Crippen LogP contribution is -1.95. The van der Waals surface area contributed by atoms with Gasteiger partial charge >= 0.3 is 0 Å². The van der Waals surface area contributed by atoms with E-state index in [-0.39, 0.29) is 0 Å². The van der Waals surface area contributed by atoms with Crippen molar-refractivity contribution < 1.29 is 0 Å². The molecule has 0 saturated heterocycles. The van der Waals surface area contributed by atoms with Gasteiger partial charge in [-0.25, -0.2) is 9.97 Å². The highest BCUT2D eigenvalue weighted by Crippen LogP contribution is 2.07. The molecule has 0 fully saturated rings. The Morgan fingerprint density at radius 1 is 1.50 bits per heavy atom. The van der Waals surface area contributed by atoms with Crippen LogP contribution in [0.4, 0.5) is 0 Å². The average Bonchev–Trinajstić information content (AvgIpc) is 1.99. The third-order valence-electron chi connectivity index (χ3n) is 1.45. The first-order valence-corrected chi connectivity index (χ1v) is 5.28. The molecule has 0 aromatic carbocycles. The molecule has 12 heavy (non-hydrogen) atoms. The highest BCUT2D eigenvalue weighted by molar-refractivity contribution is 9.09. The standard InChI is InChI=1S/C8H10BrClN2/c1-6-5-7(3-2-4-9)12-8(10)11-6/h5H,2-4H2,1H3. The van der Waals surface area contributed by atoms with Crippen molar-refractivity contribution in [3.63, 3.8) is 0 Å². The van der Waals surface area contributed by atoms with Crippen molar-refractivity contribution in [1.82, 2.24) is 9.97 Å². The van der Waals surface area contributed by atoms with Gasteiger partial charge in [0.1, 0.15) is 0 Å². The fourth-order valence-electron chi connectivity index (χ4n) is 0.971. The van der Waals surface area contributed by atoms with Crippen molar-refractivity contribution in [1.29, 1.82) is 0 Å². The molecule has 0 unspecified atom stereocenters. The van der Waals surface area contributed by atoms with Gasteiger partial charge in [-0.3, -0.25) is 0 Å². The molecule has 0 bridgehead atoms. The van der Waals surface area contributed by atoms with E-state index in [1.165, 1.54) is 0 Å².